The number of nitrogens with one attached hydrogen (secondary N) is 2. The van der Waals surface area contributed by atoms with Crippen LogP contribution in [0.25, 0.3) is 0 Å². The van der Waals surface area contributed by atoms with E-state index in [9.17, 15) is 4.79 Å². The summed E-state index contributed by atoms with van der Waals surface area (Å²) in [6.07, 6.45) is 0. The standard InChI is InChI=1S/C16H26N2O/c1-11(2)16(4,5)10-18-15(19)14-8-7-13(17-6)9-12(14)3/h7-9,11,17H,10H2,1-6H3,(H,18,19). The van der Waals surface area contributed by atoms with Gasteiger partial charge in [0.25, 0.3) is 5.91 Å². The van der Waals surface area contributed by atoms with Crippen molar-refractivity contribution in [2.45, 2.75) is 34.6 Å². The maximum atomic E-state index is 12.2. The third-order valence-corrected chi connectivity index (χ3v) is 4.03. The summed E-state index contributed by atoms with van der Waals surface area (Å²) in [5.41, 5.74) is 2.87. The van der Waals surface area contributed by atoms with Gasteiger partial charge in [0, 0.05) is 24.8 Å². The van der Waals surface area contributed by atoms with Crippen LogP contribution in [0.2, 0.25) is 0 Å². The Morgan fingerprint density at radius 3 is 2.42 bits per heavy atom. The van der Waals surface area contributed by atoms with E-state index >= 15 is 0 Å². The molecule has 1 aromatic rings. The lowest BCUT2D eigenvalue weighted by molar-refractivity contribution is 0.0924. The molecule has 19 heavy (non-hydrogen) atoms. The summed E-state index contributed by atoms with van der Waals surface area (Å²) in [5.74, 6) is 0.537. The van der Waals surface area contributed by atoms with Crippen molar-refractivity contribution >= 4 is 11.6 Å². The van der Waals surface area contributed by atoms with Crippen molar-refractivity contribution in [1.29, 1.82) is 0 Å². The fourth-order valence-corrected chi connectivity index (χ4v) is 1.68. The summed E-state index contributed by atoms with van der Waals surface area (Å²) < 4.78 is 0. The van der Waals surface area contributed by atoms with Gasteiger partial charge in [-0.3, -0.25) is 4.79 Å². The second-order valence-corrected chi connectivity index (χ2v) is 6.11. The van der Waals surface area contributed by atoms with E-state index in [1.165, 1.54) is 0 Å². The molecule has 1 rings (SSSR count). The number of rotatable bonds is 5. The fourth-order valence-electron chi connectivity index (χ4n) is 1.68. The van der Waals surface area contributed by atoms with Crippen molar-refractivity contribution in [2.75, 3.05) is 18.9 Å². The Balaban J connectivity index is 2.74. The van der Waals surface area contributed by atoms with Gasteiger partial charge in [-0.25, -0.2) is 0 Å². The Morgan fingerprint density at radius 2 is 1.95 bits per heavy atom. The summed E-state index contributed by atoms with van der Waals surface area (Å²) in [4.78, 5) is 12.2. The van der Waals surface area contributed by atoms with E-state index in [1.807, 2.05) is 32.2 Å². The number of aryl methyl sites for hydroxylation is 1. The third kappa shape index (κ3) is 3.98. The van der Waals surface area contributed by atoms with Gasteiger partial charge in [0.1, 0.15) is 0 Å². The molecule has 0 unspecified atom stereocenters. The topological polar surface area (TPSA) is 41.1 Å². The Morgan fingerprint density at radius 1 is 1.32 bits per heavy atom. The van der Waals surface area contributed by atoms with E-state index in [2.05, 4.69) is 38.3 Å². The van der Waals surface area contributed by atoms with Crippen LogP contribution in [0.3, 0.4) is 0 Å². The molecule has 0 bridgehead atoms. The molecule has 0 aliphatic rings. The van der Waals surface area contributed by atoms with Crippen molar-refractivity contribution in [3.8, 4) is 0 Å². The number of hydrogen-bond donors (Lipinski definition) is 2. The fraction of sp³-hybridized carbons (Fsp3) is 0.562. The largest absolute Gasteiger partial charge is 0.388 e. The highest BCUT2D eigenvalue weighted by Crippen LogP contribution is 2.25. The van der Waals surface area contributed by atoms with Crippen LogP contribution in [-0.4, -0.2) is 19.5 Å². The molecular formula is C16H26N2O. The molecule has 3 nitrogen and oxygen atoms in total. The Labute approximate surface area is 116 Å². The highest BCUT2D eigenvalue weighted by molar-refractivity contribution is 5.96. The van der Waals surface area contributed by atoms with Crippen LogP contribution in [0.4, 0.5) is 5.69 Å². The highest BCUT2D eigenvalue weighted by Gasteiger charge is 2.23. The molecule has 106 valence electrons. The zero-order valence-electron chi connectivity index (χ0n) is 12.9. The summed E-state index contributed by atoms with van der Waals surface area (Å²) in [7, 11) is 1.87. The van der Waals surface area contributed by atoms with E-state index in [4.69, 9.17) is 0 Å². The van der Waals surface area contributed by atoms with Gasteiger partial charge in [-0.15, -0.1) is 0 Å². The van der Waals surface area contributed by atoms with Crippen molar-refractivity contribution in [1.82, 2.24) is 5.32 Å². The average molecular weight is 262 g/mol. The average Bonchev–Trinajstić information content (AvgIpc) is 2.35. The van der Waals surface area contributed by atoms with Crippen LogP contribution in [0, 0.1) is 18.3 Å². The molecule has 0 aliphatic carbocycles. The predicted molar refractivity (Wildman–Crippen MR) is 81.7 cm³/mol. The minimum absolute atomic E-state index is 0.00822. The lowest BCUT2D eigenvalue weighted by atomic mass is 9.81. The molecule has 0 heterocycles. The molecule has 0 radical (unpaired) electrons. The number of benzene rings is 1. The van der Waals surface area contributed by atoms with E-state index in [0.29, 0.717) is 12.5 Å². The van der Waals surface area contributed by atoms with Crippen molar-refractivity contribution in [2.24, 2.45) is 11.3 Å². The van der Waals surface area contributed by atoms with E-state index in [0.717, 1.165) is 16.8 Å². The molecule has 0 saturated heterocycles. The summed E-state index contributed by atoms with van der Waals surface area (Å²) in [6.45, 7) is 11.4. The number of hydrogen-bond acceptors (Lipinski definition) is 2. The van der Waals surface area contributed by atoms with Crippen molar-refractivity contribution < 1.29 is 4.79 Å². The van der Waals surface area contributed by atoms with E-state index in [1.54, 1.807) is 0 Å². The summed E-state index contributed by atoms with van der Waals surface area (Å²) in [6, 6.07) is 5.79. The first kappa shape index (κ1) is 15.5. The van der Waals surface area contributed by atoms with Crippen LogP contribution in [0.15, 0.2) is 18.2 Å². The number of carbonyl (C=O) groups excluding carboxylic acids is 1. The van der Waals surface area contributed by atoms with Crippen LogP contribution in [0.1, 0.15) is 43.6 Å². The first-order valence-corrected chi connectivity index (χ1v) is 6.84. The van der Waals surface area contributed by atoms with Gasteiger partial charge in [-0.2, -0.15) is 0 Å². The normalized spacial score (nSPS) is 11.5. The van der Waals surface area contributed by atoms with Gasteiger partial charge in [0.15, 0.2) is 0 Å². The number of carbonyl (C=O) groups is 1. The minimum Gasteiger partial charge on any atom is -0.388 e. The zero-order valence-corrected chi connectivity index (χ0v) is 12.9. The molecule has 3 heteroatoms. The van der Waals surface area contributed by atoms with Gasteiger partial charge in [-0.05, 0) is 42.0 Å². The van der Waals surface area contributed by atoms with Gasteiger partial charge in [0.2, 0.25) is 0 Å². The Hall–Kier alpha value is -1.51. The quantitative estimate of drug-likeness (QED) is 0.853. The van der Waals surface area contributed by atoms with Crippen LogP contribution in [-0.2, 0) is 0 Å². The Bertz CT molecular complexity index is 450. The zero-order chi connectivity index (χ0) is 14.6. The first-order chi connectivity index (χ1) is 8.77. The molecule has 0 fully saturated rings. The monoisotopic (exact) mass is 262 g/mol. The third-order valence-electron chi connectivity index (χ3n) is 4.03. The molecule has 0 aromatic heterocycles. The summed E-state index contributed by atoms with van der Waals surface area (Å²) >= 11 is 0. The maximum absolute atomic E-state index is 12.2. The van der Waals surface area contributed by atoms with Crippen molar-refractivity contribution in [3.05, 3.63) is 29.3 Å². The van der Waals surface area contributed by atoms with Crippen molar-refractivity contribution in [3.63, 3.8) is 0 Å². The van der Waals surface area contributed by atoms with E-state index in [-0.39, 0.29) is 11.3 Å². The molecular weight excluding hydrogens is 236 g/mol. The highest BCUT2D eigenvalue weighted by atomic mass is 16.1. The lowest BCUT2D eigenvalue weighted by Gasteiger charge is -2.29. The second kappa shape index (κ2) is 6.09. The molecule has 1 aromatic carbocycles. The van der Waals surface area contributed by atoms with Crippen LogP contribution in [0.5, 0.6) is 0 Å². The smallest absolute Gasteiger partial charge is 0.251 e. The maximum Gasteiger partial charge on any atom is 0.251 e. The SMILES string of the molecule is CNc1ccc(C(=O)NCC(C)(C)C(C)C)c(C)c1. The molecule has 1 amide bonds. The minimum atomic E-state index is 0.00822. The molecule has 0 atom stereocenters. The van der Waals surface area contributed by atoms with Gasteiger partial charge in [0.05, 0.1) is 0 Å². The lowest BCUT2D eigenvalue weighted by Crippen LogP contribution is -2.37. The number of anilines is 1. The van der Waals surface area contributed by atoms with Gasteiger partial charge >= 0.3 is 0 Å². The Kier molecular flexibility index (Phi) is 4.98. The van der Waals surface area contributed by atoms with Crippen LogP contribution < -0.4 is 10.6 Å². The molecule has 0 saturated carbocycles. The van der Waals surface area contributed by atoms with Gasteiger partial charge < -0.3 is 10.6 Å². The molecule has 0 spiro atoms. The van der Waals surface area contributed by atoms with E-state index < -0.39 is 0 Å². The summed E-state index contributed by atoms with van der Waals surface area (Å²) in [5, 5.41) is 6.11. The molecule has 0 aliphatic heterocycles. The first-order valence-electron chi connectivity index (χ1n) is 6.84. The molecule has 2 N–H and O–H groups in total. The number of amides is 1. The van der Waals surface area contributed by atoms with Gasteiger partial charge in [-0.1, -0.05) is 27.7 Å². The predicted octanol–water partition coefficient (Wildman–Crippen LogP) is 3.45. The van der Waals surface area contributed by atoms with Crippen LogP contribution >= 0.6 is 0 Å². The second-order valence-electron chi connectivity index (χ2n) is 6.11.